The molecule has 0 fully saturated rings. The van der Waals surface area contributed by atoms with Crippen molar-refractivity contribution in [3.05, 3.63) is 45.9 Å². The van der Waals surface area contributed by atoms with E-state index in [1.807, 2.05) is 31.4 Å². The molecule has 2 aromatic rings. The first-order valence-electron chi connectivity index (χ1n) is 5.89. The molecule has 1 heterocycles. The van der Waals surface area contributed by atoms with E-state index in [1.54, 1.807) is 16.8 Å². The standard InChI is InChI=1S/C14H16N2OS/c1-10-5-11(2)7-13(6-10)16-14(17)4-3-12-8-18-9-15-12/h5-9H,3-4H2,1-2H3,(H,16,17). The van der Waals surface area contributed by atoms with E-state index in [0.717, 1.165) is 22.5 Å². The lowest BCUT2D eigenvalue weighted by Gasteiger charge is -2.07. The van der Waals surface area contributed by atoms with Crippen LogP contribution in [0.2, 0.25) is 0 Å². The summed E-state index contributed by atoms with van der Waals surface area (Å²) in [5.41, 5.74) is 5.96. The van der Waals surface area contributed by atoms with Crippen molar-refractivity contribution in [2.75, 3.05) is 5.32 Å². The van der Waals surface area contributed by atoms with Crippen molar-refractivity contribution in [1.82, 2.24) is 4.98 Å². The van der Waals surface area contributed by atoms with Gasteiger partial charge in [0, 0.05) is 17.5 Å². The van der Waals surface area contributed by atoms with Gasteiger partial charge in [-0.05, 0) is 43.5 Å². The van der Waals surface area contributed by atoms with Crippen LogP contribution < -0.4 is 5.32 Å². The highest BCUT2D eigenvalue weighted by atomic mass is 32.1. The number of thiazole rings is 1. The molecule has 0 bridgehead atoms. The minimum atomic E-state index is 0.0352. The molecule has 0 radical (unpaired) electrons. The van der Waals surface area contributed by atoms with Gasteiger partial charge in [-0.25, -0.2) is 4.98 Å². The quantitative estimate of drug-likeness (QED) is 0.916. The maximum absolute atomic E-state index is 11.8. The average Bonchev–Trinajstić information content (AvgIpc) is 2.77. The minimum absolute atomic E-state index is 0.0352. The van der Waals surface area contributed by atoms with Crippen LogP contribution in [0.5, 0.6) is 0 Å². The first kappa shape index (κ1) is 12.8. The van der Waals surface area contributed by atoms with Gasteiger partial charge in [0.15, 0.2) is 0 Å². The second kappa shape index (κ2) is 5.78. The summed E-state index contributed by atoms with van der Waals surface area (Å²) in [6.45, 7) is 4.05. The zero-order valence-electron chi connectivity index (χ0n) is 10.6. The first-order chi connectivity index (χ1) is 8.63. The molecule has 0 spiro atoms. The third-order valence-electron chi connectivity index (χ3n) is 2.60. The predicted molar refractivity (Wildman–Crippen MR) is 75.0 cm³/mol. The number of aryl methyl sites for hydroxylation is 3. The highest BCUT2D eigenvalue weighted by Gasteiger charge is 2.05. The number of hydrogen-bond donors (Lipinski definition) is 1. The van der Waals surface area contributed by atoms with Gasteiger partial charge in [0.25, 0.3) is 0 Å². The van der Waals surface area contributed by atoms with E-state index in [0.29, 0.717) is 12.8 Å². The second-order valence-electron chi connectivity index (χ2n) is 4.40. The Labute approximate surface area is 111 Å². The predicted octanol–water partition coefficient (Wildman–Crippen LogP) is 3.33. The molecule has 0 unspecified atom stereocenters. The Bertz CT molecular complexity index is 514. The Hall–Kier alpha value is -1.68. The van der Waals surface area contributed by atoms with E-state index in [9.17, 15) is 4.79 Å². The highest BCUT2D eigenvalue weighted by molar-refractivity contribution is 7.07. The van der Waals surface area contributed by atoms with Gasteiger partial charge < -0.3 is 5.32 Å². The van der Waals surface area contributed by atoms with E-state index in [4.69, 9.17) is 0 Å². The lowest BCUT2D eigenvalue weighted by Crippen LogP contribution is -2.12. The van der Waals surface area contributed by atoms with E-state index in [-0.39, 0.29) is 5.91 Å². The van der Waals surface area contributed by atoms with Crippen LogP contribution in [-0.4, -0.2) is 10.9 Å². The van der Waals surface area contributed by atoms with Crippen LogP contribution in [0.4, 0.5) is 5.69 Å². The van der Waals surface area contributed by atoms with Gasteiger partial charge in [-0.15, -0.1) is 11.3 Å². The zero-order valence-corrected chi connectivity index (χ0v) is 11.4. The van der Waals surface area contributed by atoms with Gasteiger partial charge in [-0.3, -0.25) is 4.79 Å². The van der Waals surface area contributed by atoms with Crippen LogP contribution in [0, 0.1) is 13.8 Å². The van der Waals surface area contributed by atoms with Gasteiger partial charge in [0.1, 0.15) is 0 Å². The van der Waals surface area contributed by atoms with E-state index in [1.165, 1.54) is 0 Å². The molecular formula is C14H16N2OS. The lowest BCUT2D eigenvalue weighted by atomic mass is 10.1. The largest absolute Gasteiger partial charge is 0.326 e. The fourth-order valence-electron chi connectivity index (χ4n) is 1.87. The van der Waals surface area contributed by atoms with Gasteiger partial charge in [-0.2, -0.15) is 0 Å². The maximum atomic E-state index is 11.8. The number of rotatable bonds is 4. The van der Waals surface area contributed by atoms with Crippen LogP contribution in [0.15, 0.2) is 29.1 Å². The Morgan fingerprint density at radius 1 is 1.28 bits per heavy atom. The maximum Gasteiger partial charge on any atom is 0.224 e. The smallest absolute Gasteiger partial charge is 0.224 e. The van der Waals surface area contributed by atoms with Crippen molar-refractivity contribution in [1.29, 1.82) is 0 Å². The van der Waals surface area contributed by atoms with E-state index < -0.39 is 0 Å². The van der Waals surface area contributed by atoms with E-state index >= 15 is 0 Å². The lowest BCUT2D eigenvalue weighted by molar-refractivity contribution is -0.116. The summed E-state index contributed by atoms with van der Waals surface area (Å²) in [6.07, 6.45) is 1.16. The molecule has 0 atom stereocenters. The van der Waals surface area contributed by atoms with Crippen molar-refractivity contribution >= 4 is 22.9 Å². The highest BCUT2D eigenvalue weighted by Crippen LogP contribution is 2.14. The Morgan fingerprint density at radius 3 is 2.61 bits per heavy atom. The summed E-state index contributed by atoms with van der Waals surface area (Å²) >= 11 is 1.56. The summed E-state index contributed by atoms with van der Waals surface area (Å²) in [4.78, 5) is 16.0. The van der Waals surface area contributed by atoms with Crippen LogP contribution in [0.1, 0.15) is 23.2 Å². The number of hydrogen-bond acceptors (Lipinski definition) is 3. The van der Waals surface area contributed by atoms with E-state index in [2.05, 4.69) is 16.4 Å². The topological polar surface area (TPSA) is 42.0 Å². The number of benzene rings is 1. The molecule has 1 N–H and O–H groups in total. The second-order valence-corrected chi connectivity index (χ2v) is 5.12. The van der Waals surface area contributed by atoms with Crippen LogP contribution in [-0.2, 0) is 11.2 Å². The Balaban J connectivity index is 1.90. The molecule has 0 saturated carbocycles. The van der Waals surface area contributed by atoms with Gasteiger partial charge in [0.05, 0.1) is 11.2 Å². The molecule has 0 aliphatic heterocycles. The van der Waals surface area contributed by atoms with Crippen molar-refractivity contribution in [3.63, 3.8) is 0 Å². The first-order valence-corrected chi connectivity index (χ1v) is 6.83. The number of anilines is 1. The molecule has 0 saturated heterocycles. The van der Waals surface area contributed by atoms with Crippen molar-refractivity contribution < 1.29 is 4.79 Å². The molecule has 2 rings (SSSR count). The molecule has 18 heavy (non-hydrogen) atoms. The molecular weight excluding hydrogens is 244 g/mol. The minimum Gasteiger partial charge on any atom is -0.326 e. The summed E-state index contributed by atoms with van der Waals surface area (Å²) in [5, 5.41) is 4.90. The van der Waals surface area contributed by atoms with Crippen molar-refractivity contribution in [2.24, 2.45) is 0 Å². The van der Waals surface area contributed by atoms with Crippen molar-refractivity contribution in [3.8, 4) is 0 Å². The van der Waals surface area contributed by atoms with Gasteiger partial charge in [0.2, 0.25) is 5.91 Å². The fraction of sp³-hybridized carbons (Fsp3) is 0.286. The fourth-order valence-corrected chi connectivity index (χ4v) is 2.47. The summed E-state index contributed by atoms with van der Waals surface area (Å²) in [5.74, 6) is 0.0352. The molecule has 1 aromatic heterocycles. The third kappa shape index (κ3) is 3.67. The van der Waals surface area contributed by atoms with Crippen LogP contribution in [0.25, 0.3) is 0 Å². The number of aromatic nitrogens is 1. The van der Waals surface area contributed by atoms with Crippen LogP contribution in [0.3, 0.4) is 0 Å². The number of carbonyl (C=O) groups is 1. The number of amides is 1. The Morgan fingerprint density at radius 2 is 2.00 bits per heavy atom. The molecule has 0 aliphatic rings. The van der Waals surface area contributed by atoms with Crippen LogP contribution >= 0.6 is 11.3 Å². The summed E-state index contributed by atoms with van der Waals surface area (Å²) < 4.78 is 0. The molecule has 94 valence electrons. The normalized spacial score (nSPS) is 10.3. The number of nitrogens with one attached hydrogen (secondary N) is 1. The zero-order chi connectivity index (χ0) is 13.0. The monoisotopic (exact) mass is 260 g/mol. The SMILES string of the molecule is Cc1cc(C)cc(NC(=O)CCc2cscn2)c1. The van der Waals surface area contributed by atoms with Gasteiger partial charge in [-0.1, -0.05) is 6.07 Å². The number of nitrogens with zero attached hydrogens (tertiary/aromatic N) is 1. The molecule has 1 aromatic carbocycles. The molecule has 0 aliphatic carbocycles. The Kier molecular flexibility index (Phi) is 4.10. The summed E-state index contributed by atoms with van der Waals surface area (Å²) in [6, 6.07) is 6.05. The third-order valence-corrected chi connectivity index (χ3v) is 3.23. The molecule has 3 nitrogen and oxygen atoms in total. The van der Waals surface area contributed by atoms with Gasteiger partial charge >= 0.3 is 0 Å². The summed E-state index contributed by atoms with van der Waals surface area (Å²) in [7, 11) is 0. The van der Waals surface area contributed by atoms with Crippen molar-refractivity contribution in [2.45, 2.75) is 26.7 Å². The average molecular weight is 260 g/mol. The molecule has 1 amide bonds. The molecule has 4 heteroatoms. The number of carbonyl (C=O) groups excluding carboxylic acids is 1.